The fourth-order valence-electron chi connectivity index (χ4n) is 4.49. The molecule has 0 bridgehead atoms. The van der Waals surface area contributed by atoms with Crippen molar-refractivity contribution >= 4 is 28.6 Å². The molecule has 35 heavy (non-hydrogen) atoms. The molecule has 3 rings (SSSR count). The number of likely N-dealkylation sites (tertiary alicyclic amines) is 1. The summed E-state index contributed by atoms with van der Waals surface area (Å²) in [6.45, 7) is 4.07. The standard InChI is InChI=1S/C26H35N5O4/c1-18(21-9-4-7-19-6-2-3-8-22(19)21)31-14-11-20(12-15-31)30-23(16-27)26(35)29-17-24(32)28-13-5-10-25(33)34/h2-10,18,20,23,30H,11-17,27H2,1H3,(H,28,32)(H,29,35)(H,33,34)/b10-5+/t18-,23+/m1/s1. The molecule has 2 atom stereocenters. The highest BCUT2D eigenvalue weighted by Crippen LogP contribution is 2.30. The van der Waals surface area contributed by atoms with Crippen molar-refractivity contribution in [1.82, 2.24) is 20.9 Å². The fourth-order valence-corrected chi connectivity index (χ4v) is 4.49. The van der Waals surface area contributed by atoms with Crippen LogP contribution in [0.1, 0.15) is 31.4 Å². The van der Waals surface area contributed by atoms with E-state index in [-0.39, 0.29) is 31.6 Å². The Morgan fingerprint density at radius 2 is 1.83 bits per heavy atom. The van der Waals surface area contributed by atoms with Crippen LogP contribution in [0, 0.1) is 0 Å². The minimum absolute atomic E-state index is 0.0787. The third kappa shape index (κ3) is 7.61. The second-order valence-electron chi connectivity index (χ2n) is 8.77. The maximum atomic E-state index is 12.5. The highest BCUT2D eigenvalue weighted by atomic mass is 16.4. The lowest BCUT2D eigenvalue weighted by atomic mass is 9.96. The van der Waals surface area contributed by atoms with Gasteiger partial charge in [-0.25, -0.2) is 4.79 Å². The first-order valence-electron chi connectivity index (χ1n) is 12.0. The number of carbonyl (C=O) groups excluding carboxylic acids is 2. The normalized spacial score (nSPS) is 16.7. The first-order chi connectivity index (χ1) is 16.9. The zero-order valence-corrected chi connectivity index (χ0v) is 20.1. The molecule has 0 saturated carbocycles. The van der Waals surface area contributed by atoms with E-state index in [0.717, 1.165) is 32.0 Å². The zero-order chi connectivity index (χ0) is 25.2. The quantitative estimate of drug-likeness (QED) is 0.304. The Balaban J connectivity index is 1.45. The van der Waals surface area contributed by atoms with Gasteiger partial charge in [0.1, 0.15) is 0 Å². The van der Waals surface area contributed by atoms with Crippen molar-refractivity contribution in [3.05, 3.63) is 60.2 Å². The highest BCUT2D eigenvalue weighted by Gasteiger charge is 2.27. The molecular formula is C26H35N5O4. The van der Waals surface area contributed by atoms with Crippen molar-refractivity contribution in [2.75, 3.05) is 32.7 Å². The van der Waals surface area contributed by atoms with Gasteiger partial charge in [0.2, 0.25) is 11.8 Å². The number of hydrogen-bond acceptors (Lipinski definition) is 6. The summed E-state index contributed by atoms with van der Waals surface area (Å²) in [5.74, 6) is -1.81. The van der Waals surface area contributed by atoms with E-state index in [1.54, 1.807) is 0 Å². The van der Waals surface area contributed by atoms with E-state index < -0.39 is 17.9 Å². The van der Waals surface area contributed by atoms with Gasteiger partial charge in [0.25, 0.3) is 0 Å². The van der Waals surface area contributed by atoms with Crippen LogP contribution in [0.25, 0.3) is 10.8 Å². The van der Waals surface area contributed by atoms with Gasteiger partial charge < -0.3 is 26.8 Å². The molecule has 2 amide bonds. The lowest BCUT2D eigenvalue weighted by Crippen LogP contribution is -2.55. The summed E-state index contributed by atoms with van der Waals surface area (Å²) in [6.07, 6.45) is 4.06. The Labute approximate surface area is 205 Å². The topological polar surface area (TPSA) is 137 Å². The fraction of sp³-hybridized carbons (Fsp3) is 0.423. The zero-order valence-electron chi connectivity index (χ0n) is 20.1. The molecule has 2 aromatic rings. The molecule has 1 saturated heterocycles. The molecule has 1 aliphatic rings. The summed E-state index contributed by atoms with van der Waals surface area (Å²) in [6, 6.07) is 14.8. The summed E-state index contributed by atoms with van der Waals surface area (Å²) >= 11 is 0. The van der Waals surface area contributed by atoms with Gasteiger partial charge in [-0.3, -0.25) is 14.5 Å². The Bertz CT molecular complexity index is 1040. The van der Waals surface area contributed by atoms with Crippen molar-refractivity contribution in [2.24, 2.45) is 5.73 Å². The van der Waals surface area contributed by atoms with Crippen LogP contribution in [-0.2, 0) is 14.4 Å². The summed E-state index contributed by atoms with van der Waals surface area (Å²) in [7, 11) is 0. The first kappa shape index (κ1) is 26.3. The Kier molecular flexibility index (Phi) is 9.77. The molecule has 9 heteroatoms. The van der Waals surface area contributed by atoms with Gasteiger partial charge in [-0.05, 0) is 36.1 Å². The summed E-state index contributed by atoms with van der Waals surface area (Å²) in [5.41, 5.74) is 7.15. The van der Waals surface area contributed by atoms with Crippen LogP contribution < -0.4 is 21.7 Å². The van der Waals surface area contributed by atoms with Crippen molar-refractivity contribution in [3.63, 3.8) is 0 Å². The van der Waals surface area contributed by atoms with E-state index in [9.17, 15) is 14.4 Å². The molecule has 0 unspecified atom stereocenters. The molecular weight excluding hydrogens is 446 g/mol. The van der Waals surface area contributed by atoms with Crippen LogP contribution in [0.2, 0.25) is 0 Å². The number of rotatable bonds is 11. The van der Waals surface area contributed by atoms with Crippen LogP contribution in [0.4, 0.5) is 0 Å². The predicted octanol–water partition coefficient (Wildman–Crippen LogP) is 1.16. The van der Waals surface area contributed by atoms with Crippen LogP contribution in [-0.4, -0.2) is 72.6 Å². The van der Waals surface area contributed by atoms with Crippen LogP contribution in [0.15, 0.2) is 54.6 Å². The monoisotopic (exact) mass is 481 g/mol. The molecule has 1 aliphatic heterocycles. The minimum atomic E-state index is -1.08. The largest absolute Gasteiger partial charge is 0.478 e. The number of hydrogen-bond donors (Lipinski definition) is 5. The van der Waals surface area contributed by atoms with E-state index in [4.69, 9.17) is 10.8 Å². The summed E-state index contributed by atoms with van der Waals surface area (Å²) in [5, 5.41) is 19.5. The van der Waals surface area contributed by atoms with Gasteiger partial charge in [-0.1, -0.05) is 48.5 Å². The Morgan fingerprint density at radius 3 is 2.54 bits per heavy atom. The number of carboxylic acids is 1. The number of nitrogens with two attached hydrogens (primary N) is 1. The van der Waals surface area contributed by atoms with E-state index in [2.05, 4.69) is 70.2 Å². The highest BCUT2D eigenvalue weighted by molar-refractivity contribution is 5.88. The smallest absolute Gasteiger partial charge is 0.328 e. The van der Waals surface area contributed by atoms with Crippen LogP contribution in [0.3, 0.4) is 0 Å². The molecule has 2 aromatic carbocycles. The predicted molar refractivity (Wildman–Crippen MR) is 136 cm³/mol. The number of carbonyl (C=O) groups is 3. The van der Waals surface area contributed by atoms with Gasteiger partial charge >= 0.3 is 5.97 Å². The van der Waals surface area contributed by atoms with E-state index in [1.807, 2.05) is 0 Å². The third-order valence-corrected chi connectivity index (χ3v) is 6.44. The Hall–Kier alpha value is -3.27. The molecule has 6 N–H and O–H groups in total. The molecule has 0 spiro atoms. The number of nitrogens with one attached hydrogen (secondary N) is 3. The Morgan fingerprint density at radius 1 is 1.11 bits per heavy atom. The number of fused-ring (bicyclic) bond motifs is 1. The van der Waals surface area contributed by atoms with Gasteiger partial charge in [0, 0.05) is 44.3 Å². The maximum Gasteiger partial charge on any atom is 0.328 e. The first-order valence-corrected chi connectivity index (χ1v) is 12.0. The number of piperidine rings is 1. The summed E-state index contributed by atoms with van der Waals surface area (Å²) in [4.78, 5) is 37.2. The lowest BCUT2D eigenvalue weighted by Gasteiger charge is -2.38. The van der Waals surface area contributed by atoms with Crippen molar-refractivity contribution in [2.45, 2.75) is 37.9 Å². The average Bonchev–Trinajstić information content (AvgIpc) is 2.87. The summed E-state index contributed by atoms with van der Waals surface area (Å²) < 4.78 is 0. The van der Waals surface area contributed by atoms with Crippen molar-refractivity contribution < 1.29 is 19.5 Å². The van der Waals surface area contributed by atoms with E-state index in [1.165, 1.54) is 22.4 Å². The van der Waals surface area contributed by atoms with Crippen LogP contribution >= 0.6 is 0 Å². The van der Waals surface area contributed by atoms with Gasteiger partial charge in [-0.15, -0.1) is 0 Å². The number of nitrogens with zero attached hydrogens (tertiary/aromatic N) is 1. The number of benzene rings is 2. The average molecular weight is 482 g/mol. The van der Waals surface area contributed by atoms with Gasteiger partial charge in [0.05, 0.1) is 12.6 Å². The van der Waals surface area contributed by atoms with Crippen LogP contribution in [0.5, 0.6) is 0 Å². The second-order valence-corrected chi connectivity index (χ2v) is 8.77. The maximum absolute atomic E-state index is 12.5. The number of aliphatic carboxylic acids is 1. The minimum Gasteiger partial charge on any atom is -0.478 e. The second kappa shape index (κ2) is 13.0. The molecule has 1 heterocycles. The molecule has 9 nitrogen and oxygen atoms in total. The van der Waals surface area contributed by atoms with E-state index >= 15 is 0 Å². The molecule has 0 aliphatic carbocycles. The van der Waals surface area contributed by atoms with Crippen molar-refractivity contribution in [3.8, 4) is 0 Å². The SMILES string of the molecule is C[C@H](c1cccc2ccccc12)N1CCC(N[C@@H](CN)C(=O)NCC(=O)NC/C=C/C(=O)O)CC1. The molecule has 0 aromatic heterocycles. The van der Waals surface area contributed by atoms with Gasteiger partial charge in [0.15, 0.2) is 0 Å². The third-order valence-electron chi connectivity index (χ3n) is 6.44. The van der Waals surface area contributed by atoms with Crippen molar-refractivity contribution in [1.29, 1.82) is 0 Å². The molecule has 188 valence electrons. The number of carboxylic acid groups (broad SMARTS) is 1. The van der Waals surface area contributed by atoms with Gasteiger partial charge in [-0.2, -0.15) is 0 Å². The van der Waals surface area contributed by atoms with E-state index in [0.29, 0.717) is 6.04 Å². The molecule has 0 radical (unpaired) electrons. The molecule has 1 fully saturated rings. The lowest BCUT2D eigenvalue weighted by molar-refractivity contribution is -0.131. The number of amides is 2.